The predicted octanol–water partition coefficient (Wildman–Crippen LogP) is 3.77. The molecule has 2 atom stereocenters. The zero-order chi connectivity index (χ0) is 13.8. The molecule has 1 aliphatic heterocycles. The van der Waals surface area contributed by atoms with E-state index in [-0.39, 0.29) is 0 Å². The molecule has 0 amide bonds. The van der Waals surface area contributed by atoms with E-state index in [1.54, 1.807) is 0 Å². The van der Waals surface area contributed by atoms with Gasteiger partial charge < -0.3 is 5.73 Å². The lowest BCUT2D eigenvalue weighted by Crippen LogP contribution is -2.32. The summed E-state index contributed by atoms with van der Waals surface area (Å²) in [5.41, 5.74) is 8.40. The third-order valence-corrected chi connectivity index (χ3v) is 4.67. The van der Waals surface area contributed by atoms with E-state index in [9.17, 15) is 0 Å². The quantitative estimate of drug-likeness (QED) is 0.890. The van der Waals surface area contributed by atoms with Crippen LogP contribution in [0.1, 0.15) is 43.4 Å². The zero-order valence-corrected chi connectivity index (χ0v) is 12.8. The highest BCUT2D eigenvalue weighted by Crippen LogP contribution is 2.30. The summed E-state index contributed by atoms with van der Waals surface area (Å²) in [6, 6.07) is 6.67. The molecule has 0 aliphatic carbocycles. The highest BCUT2D eigenvalue weighted by molar-refractivity contribution is 6.31. The van der Waals surface area contributed by atoms with Gasteiger partial charge in [-0.2, -0.15) is 0 Å². The van der Waals surface area contributed by atoms with Crippen LogP contribution in [0.15, 0.2) is 18.2 Å². The van der Waals surface area contributed by atoms with Crippen molar-refractivity contribution in [2.24, 2.45) is 11.7 Å². The van der Waals surface area contributed by atoms with Crippen molar-refractivity contribution in [3.05, 3.63) is 34.3 Å². The second kappa shape index (κ2) is 6.74. The van der Waals surface area contributed by atoms with Crippen molar-refractivity contribution in [2.75, 3.05) is 19.6 Å². The van der Waals surface area contributed by atoms with E-state index in [2.05, 4.69) is 30.0 Å². The Labute approximate surface area is 121 Å². The lowest BCUT2D eigenvalue weighted by molar-refractivity contribution is 0.240. The molecule has 0 bridgehead atoms. The Hall–Kier alpha value is -0.570. The van der Waals surface area contributed by atoms with Crippen molar-refractivity contribution in [3.63, 3.8) is 0 Å². The number of benzene rings is 1. The van der Waals surface area contributed by atoms with Gasteiger partial charge in [-0.3, -0.25) is 4.90 Å². The Morgan fingerprint density at radius 1 is 1.47 bits per heavy atom. The van der Waals surface area contributed by atoms with Crippen LogP contribution in [0, 0.1) is 12.8 Å². The van der Waals surface area contributed by atoms with E-state index in [1.165, 1.54) is 31.4 Å². The first-order valence-corrected chi connectivity index (χ1v) is 7.73. The van der Waals surface area contributed by atoms with Crippen molar-refractivity contribution < 1.29 is 0 Å². The number of hydrogen-bond acceptors (Lipinski definition) is 2. The molecule has 2 N–H and O–H groups in total. The van der Waals surface area contributed by atoms with Crippen LogP contribution in [0.4, 0.5) is 0 Å². The smallest absolute Gasteiger partial charge is 0.0471 e. The van der Waals surface area contributed by atoms with Crippen LogP contribution in [0.25, 0.3) is 0 Å². The average molecular weight is 281 g/mol. The second-order valence-electron chi connectivity index (χ2n) is 5.70. The normalized spacial score (nSPS) is 21.8. The fourth-order valence-electron chi connectivity index (χ4n) is 3.10. The first-order valence-electron chi connectivity index (χ1n) is 7.35. The van der Waals surface area contributed by atoms with Crippen LogP contribution in [-0.2, 0) is 0 Å². The van der Waals surface area contributed by atoms with E-state index in [1.807, 2.05) is 6.92 Å². The predicted molar refractivity (Wildman–Crippen MR) is 82.6 cm³/mol. The van der Waals surface area contributed by atoms with Gasteiger partial charge in [0.1, 0.15) is 0 Å². The van der Waals surface area contributed by atoms with Crippen LogP contribution >= 0.6 is 11.6 Å². The number of hydrogen-bond donors (Lipinski definition) is 1. The van der Waals surface area contributed by atoms with Crippen molar-refractivity contribution in [2.45, 2.75) is 39.2 Å². The summed E-state index contributed by atoms with van der Waals surface area (Å²) in [5.74, 6) is 0.847. The van der Waals surface area contributed by atoms with Crippen molar-refractivity contribution in [1.82, 2.24) is 4.90 Å². The van der Waals surface area contributed by atoms with Gasteiger partial charge in [0.15, 0.2) is 0 Å². The summed E-state index contributed by atoms with van der Waals surface area (Å²) >= 11 is 6.24. The van der Waals surface area contributed by atoms with Gasteiger partial charge in [-0.05, 0) is 49.4 Å². The molecular formula is C16H25ClN2. The molecule has 0 radical (unpaired) electrons. The van der Waals surface area contributed by atoms with E-state index < -0.39 is 0 Å². The van der Waals surface area contributed by atoms with Crippen LogP contribution in [0.5, 0.6) is 0 Å². The molecule has 2 nitrogen and oxygen atoms in total. The summed E-state index contributed by atoms with van der Waals surface area (Å²) in [4.78, 5) is 2.53. The first-order chi connectivity index (χ1) is 9.15. The number of likely N-dealkylation sites (tertiary alicyclic amines) is 1. The minimum Gasteiger partial charge on any atom is -0.329 e. The first kappa shape index (κ1) is 14.8. The van der Waals surface area contributed by atoms with Crippen LogP contribution in [0.3, 0.4) is 0 Å². The molecular weight excluding hydrogens is 256 g/mol. The number of nitrogens with zero attached hydrogens (tertiary/aromatic N) is 1. The highest BCUT2D eigenvalue weighted by atomic mass is 35.5. The fraction of sp³-hybridized carbons (Fsp3) is 0.625. The maximum Gasteiger partial charge on any atom is 0.0471 e. The highest BCUT2D eigenvalue weighted by Gasteiger charge is 2.28. The van der Waals surface area contributed by atoms with Crippen molar-refractivity contribution >= 4 is 11.6 Å². The third kappa shape index (κ3) is 3.50. The van der Waals surface area contributed by atoms with Gasteiger partial charge in [0.05, 0.1) is 0 Å². The lowest BCUT2D eigenvalue weighted by Gasteiger charge is -2.27. The van der Waals surface area contributed by atoms with Crippen molar-refractivity contribution in [1.29, 1.82) is 0 Å². The monoisotopic (exact) mass is 280 g/mol. The summed E-state index contributed by atoms with van der Waals surface area (Å²) < 4.78 is 0. The average Bonchev–Trinajstić information content (AvgIpc) is 2.83. The lowest BCUT2D eigenvalue weighted by atomic mass is 10.0. The SMILES string of the molecule is CCCC1CCN(C(CN)c2ccc(C)c(Cl)c2)C1. The Bertz CT molecular complexity index is 419. The van der Waals surface area contributed by atoms with E-state index in [4.69, 9.17) is 17.3 Å². The third-order valence-electron chi connectivity index (χ3n) is 4.26. The van der Waals surface area contributed by atoms with Gasteiger partial charge in [0, 0.05) is 24.2 Å². The molecule has 3 heteroatoms. The van der Waals surface area contributed by atoms with Gasteiger partial charge in [0.25, 0.3) is 0 Å². The molecule has 1 aliphatic rings. The molecule has 1 aromatic carbocycles. The van der Waals surface area contributed by atoms with Gasteiger partial charge in [-0.25, -0.2) is 0 Å². The molecule has 0 aromatic heterocycles. The summed E-state index contributed by atoms with van der Waals surface area (Å²) in [7, 11) is 0. The molecule has 19 heavy (non-hydrogen) atoms. The van der Waals surface area contributed by atoms with Crippen LogP contribution < -0.4 is 5.73 Å². The van der Waals surface area contributed by atoms with E-state index >= 15 is 0 Å². The Balaban J connectivity index is 2.09. The molecule has 2 unspecified atom stereocenters. The largest absolute Gasteiger partial charge is 0.329 e. The number of nitrogens with two attached hydrogens (primary N) is 1. The molecule has 1 saturated heterocycles. The molecule has 1 aromatic rings. The molecule has 106 valence electrons. The Morgan fingerprint density at radius 2 is 2.26 bits per heavy atom. The van der Waals surface area contributed by atoms with Gasteiger partial charge >= 0.3 is 0 Å². The minimum absolute atomic E-state index is 0.319. The maximum absolute atomic E-state index is 6.24. The second-order valence-corrected chi connectivity index (χ2v) is 6.11. The van der Waals surface area contributed by atoms with Gasteiger partial charge in [-0.15, -0.1) is 0 Å². The molecule has 1 fully saturated rings. The zero-order valence-electron chi connectivity index (χ0n) is 12.0. The number of halogens is 1. The fourth-order valence-corrected chi connectivity index (χ4v) is 3.29. The van der Waals surface area contributed by atoms with Gasteiger partial charge in [-0.1, -0.05) is 37.1 Å². The van der Waals surface area contributed by atoms with E-state index in [0.717, 1.165) is 23.0 Å². The standard InChI is InChI=1S/C16H25ClN2/c1-3-4-13-7-8-19(11-13)16(10-18)14-6-5-12(2)15(17)9-14/h5-6,9,13,16H,3-4,7-8,10-11,18H2,1-2H3. The summed E-state index contributed by atoms with van der Waals surface area (Å²) in [5, 5.41) is 0.847. The van der Waals surface area contributed by atoms with Gasteiger partial charge in [0.2, 0.25) is 0 Å². The molecule has 0 saturated carbocycles. The topological polar surface area (TPSA) is 29.3 Å². The number of rotatable bonds is 5. The van der Waals surface area contributed by atoms with Crippen LogP contribution in [0.2, 0.25) is 5.02 Å². The maximum atomic E-state index is 6.24. The van der Waals surface area contributed by atoms with Crippen LogP contribution in [-0.4, -0.2) is 24.5 Å². The summed E-state index contributed by atoms with van der Waals surface area (Å²) in [6.45, 7) is 7.32. The van der Waals surface area contributed by atoms with Crippen molar-refractivity contribution in [3.8, 4) is 0 Å². The minimum atomic E-state index is 0.319. The number of aryl methyl sites for hydroxylation is 1. The Kier molecular flexibility index (Phi) is 5.26. The Morgan fingerprint density at radius 3 is 2.89 bits per heavy atom. The molecule has 0 spiro atoms. The van der Waals surface area contributed by atoms with E-state index in [0.29, 0.717) is 12.6 Å². The molecule has 1 heterocycles. The summed E-state index contributed by atoms with van der Waals surface area (Å²) in [6.07, 6.45) is 3.93. The molecule has 2 rings (SSSR count).